The molecule has 0 spiro atoms. The van der Waals surface area contributed by atoms with Gasteiger partial charge in [0.25, 0.3) is 0 Å². The number of fused-ring (bicyclic) bond motifs is 3. The van der Waals surface area contributed by atoms with E-state index in [1.54, 1.807) is 10.8 Å². The van der Waals surface area contributed by atoms with Gasteiger partial charge in [-0.15, -0.1) is 0 Å². The number of rotatable bonds is 5. The zero-order valence-electron chi connectivity index (χ0n) is 23.5. The van der Waals surface area contributed by atoms with E-state index in [0.29, 0.717) is 23.4 Å². The Balaban J connectivity index is 1.24. The molecule has 7 rings (SSSR count). The molecular weight excluding hydrogens is 519 g/mol. The van der Waals surface area contributed by atoms with Crippen molar-refractivity contribution >= 4 is 11.2 Å². The van der Waals surface area contributed by atoms with Crippen molar-refractivity contribution in [1.82, 2.24) is 29.6 Å². The first-order valence-corrected chi connectivity index (χ1v) is 15.2. The zero-order chi connectivity index (χ0) is 27.8. The summed E-state index contributed by atoms with van der Waals surface area (Å²) in [4.78, 5) is 20.6. The van der Waals surface area contributed by atoms with Crippen molar-refractivity contribution in [1.29, 1.82) is 0 Å². The third-order valence-electron chi connectivity index (χ3n) is 10.8. The lowest BCUT2D eigenvalue weighted by atomic mass is 9.65. The van der Waals surface area contributed by atoms with E-state index < -0.39 is 11.7 Å². The highest BCUT2D eigenvalue weighted by atomic mass is 19.4. The van der Waals surface area contributed by atoms with E-state index in [1.165, 1.54) is 35.9 Å². The molecule has 3 aliphatic heterocycles. The van der Waals surface area contributed by atoms with E-state index in [0.717, 1.165) is 58.3 Å². The van der Waals surface area contributed by atoms with Crippen molar-refractivity contribution in [3.8, 4) is 0 Å². The van der Waals surface area contributed by atoms with Crippen molar-refractivity contribution in [3.63, 3.8) is 0 Å². The van der Waals surface area contributed by atoms with Crippen molar-refractivity contribution in [2.45, 2.75) is 88.3 Å². The molecule has 6 atom stereocenters. The Bertz CT molecular complexity index is 1290. The maximum Gasteiger partial charge on any atom is 0.418 e. The summed E-state index contributed by atoms with van der Waals surface area (Å²) in [6.45, 7) is 2.46. The number of imidazole rings is 1. The van der Waals surface area contributed by atoms with Crippen LogP contribution < -0.4 is 21.4 Å². The second kappa shape index (κ2) is 10.0. The van der Waals surface area contributed by atoms with Crippen LogP contribution >= 0.6 is 0 Å². The summed E-state index contributed by atoms with van der Waals surface area (Å²) in [6.07, 6.45) is 8.32. The smallest absolute Gasteiger partial charge is 0.362 e. The molecule has 2 bridgehead atoms. The molecule has 8 nitrogen and oxygen atoms in total. The number of nitrogens with zero attached hydrogens (tertiary/aromatic N) is 5. The Morgan fingerprint density at radius 2 is 1.62 bits per heavy atom. The Hall–Kier alpha value is -2.08. The highest BCUT2D eigenvalue weighted by molar-refractivity contribution is 5.63. The summed E-state index contributed by atoms with van der Waals surface area (Å²) in [5.41, 5.74) is 6.22. The number of piperazine rings is 1. The Labute approximate surface area is 233 Å². The number of anilines is 1. The summed E-state index contributed by atoms with van der Waals surface area (Å²) >= 11 is 0. The number of hydrogen-bond acceptors (Lipinski definition) is 6. The number of hydrazine groups is 1. The lowest BCUT2D eigenvalue weighted by Gasteiger charge is -2.46. The maximum atomic E-state index is 14.5. The second-order valence-corrected chi connectivity index (χ2v) is 13.2. The van der Waals surface area contributed by atoms with Crippen LogP contribution in [0.2, 0.25) is 0 Å². The van der Waals surface area contributed by atoms with Crippen molar-refractivity contribution in [2.24, 2.45) is 17.8 Å². The minimum atomic E-state index is -4.54. The predicted molar refractivity (Wildman–Crippen MR) is 148 cm³/mol. The Kier molecular flexibility index (Phi) is 6.72. The van der Waals surface area contributed by atoms with E-state index >= 15 is 0 Å². The van der Waals surface area contributed by atoms with Gasteiger partial charge in [0.1, 0.15) is 0 Å². The Morgan fingerprint density at radius 3 is 2.25 bits per heavy atom. The molecule has 40 heavy (non-hydrogen) atoms. The third kappa shape index (κ3) is 4.48. The lowest BCUT2D eigenvalue weighted by molar-refractivity contribution is -0.136. The van der Waals surface area contributed by atoms with Crippen LogP contribution in [0.15, 0.2) is 23.3 Å². The van der Waals surface area contributed by atoms with E-state index in [-0.39, 0.29) is 35.5 Å². The molecule has 11 heteroatoms. The van der Waals surface area contributed by atoms with Gasteiger partial charge >= 0.3 is 11.9 Å². The first kappa shape index (κ1) is 26.8. The molecule has 0 radical (unpaired) electrons. The summed E-state index contributed by atoms with van der Waals surface area (Å²) in [6, 6.07) is 1.57. The molecule has 2 aliphatic carbocycles. The van der Waals surface area contributed by atoms with Gasteiger partial charge in [0.05, 0.1) is 29.6 Å². The van der Waals surface area contributed by atoms with Crippen LogP contribution in [0.5, 0.6) is 0 Å². The van der Waals surface area contributed by atoms with Crippen LogP contribution in [0.25, 0.3) is 5.52 Å². The van der Waals surface area contributed by atoms with Gasteiger partial charge in [-0.1, -0.05) is 25.7 Å². The molecule has 0 aromatic carbocycles. The average molecular weight is 562 g/mol. The van der Waals surface area contributed by atoms with Crippen molar-refractivity contribution in [2.75, 3.05) is 38.8 Å². The minimum Gasteiger partial charge on any atom is -0.362 e. The van der Waals surface area contributed by atoms with Crippen molar-refractivity contribution in [3.05, 3.63) is 34.5 Å². The van der Waals surface area contributed by atoms with E-state index in [2.05, 4.69) is 39.6 Å². The number of alkyl halides is 3. The molecule has 2 aromatic rings. The Morgan fingerprint density at radius 1 is 0.925 bits per heavy atom. The molecule has 220 valence electrons. The van der Waals surface area contributed by atoms with Crippen LogP contribution in [0.3, 0.4) is 0 Å². The molecule has 0 amide bonds. The number of halogens is 3. The fourth-order valence-corrected chi connectivity index (χ4v) is 8.76. The molecule has 2 N–H and O–H groups in total. The number of aromatic nitrogens is 2. The quantitative estimate of drug-likeness (QED) is 0.578. The highest BCUT2D eigenvalue weighted by Gasteiger charge is 2.44. The summed E-state index contributed by atoms with van der Waals surface area (Å²) < 4.78 is 46.3. The fourth-order valence-electron chi connectivity index (χ4n) is 8.76. The summed E-state index contributed by atoms with van der Waals surface area (Å²) in [7, 11) is 4.21. The molecule has 2 aromatic heterocycles. The first-order chi connectivity index (χ1) is 19.2. The number of likely N-dealkylation sites (tertiary alicyclic amines) is 1. The highest BCUT2D eigenvalue weighted by Crippen LogP contribution is 2.47. The molecule has 5 aliphatic rings. The van der Waals surface area contributed by atoms with Gasteiger partial charge in [-0.05, 0) is 70.0 Å². The van der Waals surface area contributed by atoms with Gasteiger partial charge in [-0.25, -0.2) is 15.6 Å². The number of likely N-dealkylation sites (N-methyl/N-ethyl adjacent to an activating group) is 1. The number of pyridine rings is 1. The van der Waals surface area contributed by atoms with Gasteiger partial charge in [0.2, 0.25) is 0 Å². The zero-order valence-corrected chi connectivity index (χ0v) is 23.5. The largest absolute Gasteiger partial charge is 0.418 e. The molecule has 2 saturated carbocycles. The van der Waals surface area contributed by atoms with E-state index in [4.69, 9.17) is 0 Å². The van der Waals surface area contributed by atoms with Crippen LogP contribution in [-0.4, -0.2) is 70.9 Å². The predicted octanol–water partition coefficient (Wildman–Crippen LogP) is 3.87. The average Bonchev–Trinajstić information content (AvgIpc) is 3.54. The normalized spacial score (nSPS) is 33.1. The topological polar surface area (TPSA) is 60.2 Å². The van der Waals surface area contributed by atoms with Crippen LogP contribution in [0, 0.1) is 17.8 Å². The van der Waals surface area contributed by atoms with Gasteiger partial charge < -0.3 is 9.80 Å². The van der Waals surface area contributed by atoms with Crippen LogP contribution in [0.4, 0.5) is 18.9 Å². The van der Waals surface area contributed by atoms with E-state index in [1.807, 2.05) is 0 Å². The lowest BCUT2D eigenvalue weighted by Crippen LogP contribution is -2.52. The van der Waals surface area contributed by atoms with Gasteiger partial charge in [-0.2, -0.15) is 13.2 Å². The van der Waals surface area contributed by atoms with Crippen LogP contribution in [0.1, 0.15) is 69.4 Å². The molecular formula is C29H42F3N7O. The third-order valence-corrected chi connectivity index (χ3v) is 10.8. The van der Waals surface area contributed by atoms with Gasteiger partial charge in [0.15, 0.2) is 0 Å². The van der Waals surface area contributed by atoms with Crippen molar-refractivity contribution < 1.29 is 13.2 Å². The fraction of sp³-hybridized carbons (Fsp3) is 0.759. The molecule has 5 fully saturated rings. The second-order valence-electron chi connectivity index (χ2n) is 13.2. The standard InChI is InChI=1S/C29H42F3N7O/c1-35-13-21-9-10-22(14-35)39(21)23-12-24(29(30,31)32)25-16-37(28(40)38(25)15-23)20-8-4-7-19(11-20)26(18-5-3-6-18)27-34-33-17-36(27)2/h12,15-16,18-22,26-27,33-34H,3-11,13-14,17H2,1-2H3/t19?,20?,21?,22?,26-,27?/m1/s1. The van der Waals surface area contributed by atoms with Gasteiger partial charge in [-0.3, -0.25) is 13.9 Å². The van der Waals surface area contributed by atoms with Crippen LogP contribution in [-0.2, 0) is 6.18 Å². The maximum absolute atomic E-state index is 14.5. The molecule has 5 heterocycles. The summed E-state index contributed by atoms with van der Waals surface area (Å²) in [5, 5.41) is 0. The molecule has 3 saturated heterocycles. The SMILES string of the molecule is CN1CC2CCC(C1)N2c1cc(C(F)(F)F)c2cn(C3CCCC([C@@H](C4CCC4)C4NNCN4C)C3)c(=O)n2c1. The molecule has 5 unspecified atom stereocenters. The number of hydrogen-bond donors (Lipinski definition) is 2. The monoisotopic (exact) mass is 561 g/mol. The first-order valence-electron chi connectivity index (χ1n) is 15.2. The minimum absolute atomic E-state index is 0.0261. The van der Waals surface area contributed by atoms with Gasteiger partial charge in [0, 0.05) is 43.6 Å². The van der Waals surface area contributed by atoms with E-state index in [9.17, 15) is 18.0 Å². The summed E-state index contributed by atoms with van der Waals surface area (Å²) in [5.74, 6) is 1.55. The number of nitrogens with one attached hydrogen (secondary N) is 2.